The Kier molecular flexibility index (Phi) is 14.5. The molecule has 1 aliphatic carbocycles. The van der Waals surface area contributed by atoms with Gasteiger partial charge in [0.1, 0.15) is 19.0 Å². The first-order valence-corrected chi connectivity index (χ1v) is 24.1. The summed E-state index contributed by atoms with van der Waals surface area (Å²) in [6, 6.07) is 19.4. The minimum absolute atomic E-state index is 0.0238. The van der Waals surface area contributed by atoms with Gasteiger partial charge in [-0.3, -0.25) is 19.2 Å². The molecule has 0 aromatic heterocycles. The van der Waals surface area contributed by atoms with Crippen LogP contribution in [0.4, 0.5) is 10.5 Å². The molecule has 3 aromatic rings. The van der Waals surface area contributed by atoms with Gasteiger partial charge < -0.3 is 29.2 Å². The van der Waals surface area contributed by atoms with Crippen LogP contribution in [0.15, 0.2) is 79.4 Å². The molecule has 3 amide bonds. The van der Waals surface area contributed by atoms with Crippen LogP contribution in [0.2, 0.25) is 16.6 Å². The summed E-state index contributed by atoms with van der Waals surface area (Å²) in [4.78, 5) is 70.1. The van der Waals surface area contributed by atoms with Crippen molar-refractivity contribution in [1.82, 2.24) is 10.2 Å². The van der Waals surface area contributed by atoms with Gasteiger partial charge in [-0.1, -0.05) is 109 Å². The smallest absolute Gasteiger partial charge is 0.416 e. The van der Waals surface area contributed by atoms with E-state index < -0.39 is 44.5 Å². The van der Waals surface area contributed by atoms with E-state index in [4.69, 9.17) is 13.9 Å². The zero-order valence-electron chi connectivity index (χ0n) is 37.3. The van der Waals surface area contributed by atoms with Crippen LogP contribution in [0.1, 0.15) is 99.8 Å². The Labute approximate surface area is 367 Å². The van der Waals surface area contributed by atoms with Gasteiger partial charge in [-0.2, -0.15) is 0 Å². The maximum Gasteiger partial charge on any atom is 0.416 e. The Morgan fingerprint density at radius 2 is 1.56 bits per heavy atom. The first-order chi connectivity index (χ1) is 29.5. The van der Waals surface area contributed by atoms with E-state index in [0.29, 0.717) is 41.8 Å². The highest BCUT2D eigenvalue weighted by Gasteiger charge is 2.58. The molecule has 0 bridgehead atoms. The summed E-state index contributed by atoms with van der Waals surface area (Å²) < 4.78 is 18.1. The van der Waals surface area contributed by atoms with E-state index in [9.17, 15) is 29.1 Å². The number of hydrogen-bond donors (Lipinski definition) is 2. The maximum atomic E-state index is 14.3. The third-order valence-corrected chi connectivity index (χ3v) is 19.1. The molecular weight excluding hydrogens is 803 g/mol. The van der Waals surface area contributed by atoms with Crippen LogP contribution in [-0.4, -0.2) is 80.0 Å². The molecule has 62 heavy (non-hydrogen) atoms. The van der Waals surface area contributed by atoms with Crippen LogP contribution < -0.4 is 14.6 Å². The monoisotopic (exact) mass is 865 g/mol. The largest absolute Gasteiger partial charge is 0.542 e. The van der Waals surface area contributed by atoms with Crippen molar-refractivity contribution in [2.24, 2.45) is 11.3 Å². The van der Waals surface area contributed by atoms with Gasteiger partial charge in [0, 0.05) is 19.0 Å². The van der Waals surface area contributed by atoms with Gasteiger partial charge in [0.2, 0.25) is 5.91 Å². The van der Waals surface area contributed by atoms with Crippen LogP contribution >= 0.6 is 0 Å². The molecule has 3 atom stereocenters. The number of aliphatic hydroxyl groups is 1. The van der Waals surface area contributed by atoms with Gasteiger partial charge in [-0.05, 0) is 83.0 Å². The molecular formula is C49H63N3O9Si. The molecule has 1 saturated carbocycles. The van der Waals surface area contributed by atoms with E-state index in [1.165, 1.54) is 11.0 Å². The number of amides is 3. The number of ketones is 1. The molecule has 12 nitrogen and oxygen atoms in total. The number of esters is 1. The average Bonchev–Trinajstić information content (AvgIpc) is 3.90. The molecule has 2 N–H and O–H groups in total. The summed E-state index contributed by atoms with van der Waals surface area (Å²) in [6.07, 6.45) is 2.13. The molecule has 2 fully saturated rings. The maximum absolute atomic E-state index is 14.3. The minimum Gasteiger partial charge on any atom is -0.542 e. The second-order valence-electron chi connectivity index (χ2n) is 18.4. The SMILES string of the molecule is C=CCOC(=O)C[C@@H](Cc1ccccc1)C(=O)NCC(=O)Cc1ccc(COC(=O)N2c3cc(O[Si](C(C)C)(C(C)C)C(C)C)c(C)cc3C(=O)N3CC4(CC4)C[C@H]3C2O)cc1. The number of carbonyl (C=O) groups is 5. The van der Waals surface area contributed by atoms with Crippen molar-refractivity contribution in [2.45, 2.75) is 122 Å². The van der Waals surface area contributed by atoms with E-state index in [2.05, 4.69) is 53.4 Å². The Hall–Kier alpha value is -5.27. The van der Waals surface area contributed by atoms with Crippen molar-refractivity contribution in [3.05, 3.63) is 107 Å². The van der Waals surface area contributed by atoms with Crippen molar-refractivity contribution < 1.29 is 43.0 Å². The Morgan fingerprint density at radius 3 is 2.18 bits per heavy atom. The van der Waals surface area contributed by atoms with Crippen LogP contribution in [0.5, 0.6) is 5.75 Å². The number of nitrogens with zero attached hydrogens (tertiary/aromatic N) is 2. The zero-order chi connectivity index (χ0) is 44.9. The predicted molar refractivity (Wildman–Crippen MR) is 240 cm³/mol. The lowest BCUT2D eigenvalue weighted by Gasteiger charge is -2.42. The molecule has 2 aliphatic heterocycles. The predicted octanol–water partition coefficient (Wildman–Crippen LogP) is 8.23. The molecule has 13 heteroatoms. The lowest BCUT2D eigenvalue weighted by molar-refractivity contribution is -0.145. The highest BCUT2D eigenvalue weighted by Crippen LogP contribution is 2.57. The third kappa shape index (κ3) is 10.2. The number of ether oxygens (including phenoxy) is 2. The quantitative estimate of drug-likeness (QED) is 0.0732. The number of aliphatic hydroxyl groups excluding tert-OH is 1. The molecule has 332 valence electrons. The molecule has 0 radical (unpaired) electrons. The lowest BCUT2D eigenvalue weighted by atomic mass is 9.95. The Bertz CT molecular complexity index is 2110. The van der Waals surface area contributed by atoms with Gasteiger partial charge in [0.25, 0.3) is 14.2 Å². The molecule has 3 aromatic carbocycles. The van der Waals surface area contributed by atoms with Crippen molar-refractivity contribution in [3.8, 4) is 5.75 Å². The highest BCUT2D eigenvalue weighted by molar-refractivity contribution is 6.78. The summed E-state index contributed by atoms with van der Waals surface area (Å²) in [6.45, 7) is 18.9. The number of hydrogen-bond acceptors (Lipinski definition) is 9. The third-order valence-electron chi connectivity index (χ3n) is 13.1. The van der Waals surface area contributed by atoms with E-state index in [-0.39, 0.29) is 72.0 Å². The van der Waals surface area contributed by atoms with E-state index in [0.717, 1.165) is 24.0 Å². The summed E-state index contributed by atoms with van der Waals surface area (Å²) in [7, 11) is -2.44. The molecule has 1 spiro atoms. The summed E-state index contributed by atoms with van der Waals surface area (Å²) in [5.74, 6) is -1.50. The number of carbonyl (C=O) groups excluding carboxylic acids is 5. The number of benzene rings is 3. The fourth-order valence-electron chi connectivity index (χ4n) is 9.66. The van der Waals surface area contributed by atoms with Crippen molar-refractivity contribution >= 4 is 43.7 Å². The number of Topliss-reactive ketones (excluding diaryl/α,β-unsaturated/α-hetero) is 1. The van der Waals surface area contributed by atoms with E-state index >= 15 is 0 Å². The number of anilines is 1. The van der Waals surface area contributed by atoms with Crippen LogP contribution in [0.25, 0.3) is 0 Å². The molecule has 1 saturated heterocycles. The van der Waals surface area contributed by atoms with Crippen LogP contribution in [0.3, 0.4) is 0 Å². The number of aryl methyl sites for hydroxylation is 1. The highest BCUT2D eigenvalue weighted by atomic mass is 28.4. The van der Waals surface area contributed by atoms with E-state index in [1.807, 2.05) is 37.3 Å². The van der Waals surface area contributed by atoms with Crippen molar-refractivity contribution in [2.75, 3.05) is 24.6 Å². The first kappa shape index (κ1) is 46.2. The van der Waals surface area contributed by atoms with E-state index in [1.54, 1.807) is 41.3 Å². The lowest BCUT2D eigenvalue weighted by Crippen LogP contribution is -2.51. The van der Waals surface area contributed by atoms with Gasteiger partial charge in [0.15, 0.2) is 12.0 Å². The number of fused-ring (bicyclic) bond motifs is 2. The molecule has 1 unspecified atom stereocenters. The molecule has 3 aliphatic rings. The topological polar surface area (TPSA) is 152 Å². The fourth-order valence-corrected chi connectivity index (χ4v) is 15.0. The second-order valence-corrected chi connectivity index (χ2v) is 23.8. The van der Waals surface area contributed by atoms with Gasteiger partial charge in [0.05, 0.1) is 36.2 Å². The van der Waals surface area contributed by atoms with Gasteiger partial charge in [-0.25, -0.2) is 9.69 Å². The molecule has 6 rings (SSSR count). The fraction of sp³-hybridized carbons (Fsp3) is 0.490. The summed E-state index contributed by atoms with van der Waals surface area (Å²) >= 11 is 0. The summed E-state index contributed by atoms with van der Waals surface area (Å²) in [5.41, 5.74) is 4.47. The first-order valence-electron chi connectivity index (χ1n) is 21.9. The Balaban J connectivity index is 1.13. The van der Waals surface area contributed by atoms with Gasteiger partial charge >= 0.3 is 12.1 Å². The number of nitrogens with one attached hydrogen (secondary N) is 1. The van der Waals surface area contributed by atoms with Crippen LogP contribution in [0, 0.1) is 18.3 Å². The molecule has 2 heterocycles. The zero-order valence-corrected chi connectivity index (χ0v) is 38.3. The van der Waals surface area contributed by atoms with Gasteiger partial charge in [-0.15, -0.1) is 0 Å². The average molecular weight is 866 g/mol. The standard InChI is InChI=1S/C49H63N3O9Si/c1-9-21-59-44(54)25-38(23-35-13-11-10-12-14-35)45(55)50-28-39(53)24-36-15-17-37(18-16-36)29-60-48(58)52-41-26-43(61-62(31(2)3,32(4)5)33(6)7)34(8)22-40(41)46(56)51-30-49(19-20-49)27-42(51)47(52)57/h9-18,22,26,31-33,38,42,47,57H,1,19-21,23-25,27-30H2,2-8H3,(H,50,55)/t38-,42+,47?/m1/s1. The minimum atomic E-state index is -2.44. The second kappa shape index (κ2) is 19.4. The summed E-state index contributed by atoms with van der Waals surface area (Å²) in [5, 5.41) is 14.8. The van der Waals surface area contributed by atoms with Crippen molar-refractivity contribution in [3.63, 3.8) is 0 Å². The normalized spacial score (nSPS) is 18.3. The van der Waals surface area contributed by atoms with Crippen LogP contribution in [-0.2, 0) is 43.3 Å². The van der Waals surface area contributed by atoms with Crippen molar-refractivity contribution in [1.29, 1.82) is 0 Å². The number of rotatable bonds is 18. The Morgan fingerprint density at radius 1 is 0.919 bits per heavy atom.